The highest BCUT2D eigenvalue weighted by atomic mass is 16.1. The Kier molecular flexibility index (Phi) is 5.60. The molecule has 1 aliphatic rings. The molecule has 25 heavy (non-hydrogen) atoms. The van der Waals surface area contributed by atoms with E-state index in [1.807, 2.05) is 30.3 Å². The van der Waals surface area contributed by atoms with E-state index in [4.69, 9.17) is 5.73 Å². The molecule has 1 aromatic carbocycles. The first-order chi connectivity index (χ1) is 12.2. The molecule has 1 aromatic heterocycles. The molecule has 6 nitrogen and oxygen atoms in total. The van der Waals surface area contributed by atoms with Crippen molar-refractivity contribution in [2.75, 3.05) is 18.0 Å². The third-order valence-electron chi connectivity index (χ3n) is 4.60. The van der Waals surface area contributed by atoms with Gasteiger partial charge in [0.15, 0.2) is 0 Å². The van der Waals surface area contributed by atoms with Gasteiger partial charge in [0.1, 0.15) is 12.1 Å². The van der Waals surface area contributed by atoms with Crippen molar-refractivity contribution in [3.05, 3.63) is 53.5 Å². The first-order valence-electron chi connectivity index (χ1n) is 8.85. The van der Waals surface area contributed by atoms with Gasteiger partial charge in [0, 0.05) is 43.0 Å². The minimum Gasteiger partial charge on any atom is -0.354 e. The molecule has 0 spiro atoms. The van der Waals surface area contributed by atoms with E-state index in [1.165, 1.54) is 0 Å². The molecule has 1 unspecified atom stereocenters. The Labute approximate surface area is 148 Å². The zero-order chi connectivity index (χ0) is 17.6. The van der Waals surface area contributed by atoms with Crippen LogP contribution in [-0.2, 0) is 13.0 Å². The Hall–Kier alpha value is -2.47. The minimum absolute atomic E-state index is 0.0349. The van der Waals surface area contributed by atoms with Crippen LogP contribution in [0.1, 0.15) is 41.4 Å². The van der Waals surface area contributed by atoms with Crippen LogP contribution in [-0.4, -0.2) is 35.0 Å². The van der Waals surface area contributed by atoms with Gasteiger partial charge in [-0.05, 0) is 37.0 Å². The number of aryl methyl sites for hydroxylation is 1. The monoisotopic (exact) mass is 339 g/mol. The maximum Gasteiger partial charge on any atom is 0.251 e. The summed E-state index contributed by atoms with van der Waals surface area (Å²) in [4.78, 5) is 23.3. The lowest BCUT2D eigenvalue weighted by Crippen LogP contribution is -2.48. The highest BCUT2D eigenvalue weighted by molar-refractivity contribution is 5.94. The number of rotatable bonds is 5. The molecule has 6 heteroatoms. The summed E-state index contributed by atoms with van der Waals surface area (Å²) in [7, 11) is 0. The number of nitrogens with two attached hydrogens (primary N) is 1. The number of nitrogens with zero attached hydrogens (tertiary/aromatic N) is 3. The van der Waals surface area contributed by atoms with Gasteiger partial charge in [0.2, 0.25) is 0 Å². The van der Waals surface area contributed by atoms with E-state index >= 15 is 0 Å². The Morgan fingerprint density at radius 3 is 2.84 bits per heavy atom. The standard InChI is InChI=1S/C19H25N5O/c1-2-16-10-18(22-13-21-16)24-9-3-4-17(12-24)23-19(25)15-7-5-14(11-20)6-8-15/h5-8,10,13,17H,2-4,9,11-12,20H2,1H3,(H,23,25). The van der Waals surface area contributed by atoms with Gasteiger partial charge in [-0.25, -0.2) is 9.97 Å². The highest BCUT2D eigenvalue weighted by Gasteiger charge is 2.23. The number of nitrogens with one attached hydrogen (secondary N) is 1. The van der Waals surface area contributed by atoms with E-state index in [-0.39, 0.29) is 11.9 Å². The number of piperidine rings is 1. The van der Waals surface area contributed by atoms with E-state index in [0.29, 0.717) is 12.1 Å². The summed E-state index contributed by atoms with van der Waals surface area (Å²) in [6.07, 6.45) is 4.52. The van der Waals surface area contributed by atoms with Gasteiger partial charge in [-0.2, -0.15) is 0 Å². The number of anilines is 1. The summed E-state index contributed by atoms with van der Waals surface area (Å²) in [6.45, 7) is 4.30. The molecule has 0 radical (unpaired) electrons. The van der Waals surface area contributed by atoms with Gasteiger partial charge < -0.3 is 16.0 Å². The Morgan fingerprint density at radius 2 is 2.12 bits per heavy atom. The second-order valence-corrected chi connectivity index (χ2v) is 6.38. The number of carbonyl (C=O) groups is 1. The van der Waals surface area contributed by atoms with Crippen molar-refractivity contribution in [3.8, 4) is 0 Å². The van der Waals surface area contributed by atoms with E-state index in [0.717, 1.165) is 49.4 Å². The van der Waals surface area contributed by atoms with Crippen LogP contribution in [0.25, 0.3) is 0 Å². The topological polar surface area (TPSA) is 84.1 Å². The van der Waals surface area contributed by atoms with Gasteiger partial charge in [-0.3, -0.25) is 4.79 Å². The fourth-order valence-corrected chi connectivity index (χ4v) is 3.12. The summed E-state index contributed by atoms with van der Waals surface area (Å²) in [5.74, 6) is 0.908. The SMILES string of the molecule is CCc1cc(N2CCCC(NC(=O)c3ccc(CN)cc3)C2)ncn1. The van der Waals surface area contributed by atoms with E-state index in [1.54, 1.807) is 6.33 Å². The van der Waals surface area contributed by atoms with Crippen LogP contribution in [0.4, 0.5) is 5.82 Å². The largest absolute Gasteiger partial charge is 0.354 e. The van der Waals surface area contributed by atoms with Gasteiger partial charge in [0.25, 0.3) is 5.91 Å². The number of amides is 1. The van der Waals surface area contributed by atoms with Gasteiger partial charge in [-0.15, -0.1) is 0 Å². The molecular weight excluding hydrogens is 314 g/mol. The molecular formula is C19H25N5O. The fourth-order valence-electron chi connectivity index (χ4n) is 3.12. The summed E-state index contributed by atoms with van der Waals surface area (Å²) in [5, 5.41) is 3.15. The molecule has 1 fully saturated rings. The molecule has 1 aliphatic heterocycles. The van der Waals surface area contributed by atoms with Gasteiger partial charge in [-0.1, -0.05) is 19.1 Å². The van der Waals surface area contributed by atoms with Crippen molar-refractivity contribution >= 4 is 11.7 Å². The lowest BCUT2D eigenvalue weighted by atomic mass is 10.0. The van der Waals surface area contributed by atoms with Crippen molar-refractivity contribution in [2.45, 2.75) is 38.8 Å². The average Bonchev–Trinajstić information content (AvgIpc) is 2.68. The average molecular weight is 339 g/mol. The molecule has 132 valence electrons. The molecule has 1 saturated heterocycles. The van der Waals surface area contributed by atoms with Crippen molar-refractivity contribution in [1.82, 2.24) is 15.3 Å². The van der Waals surface area contributed by atoms with E-state index in [2.05, 4.69) is 27.1 Å². The van der Waals surface area contributed by atoms with Crippen LogP contribution in [0.5, 0.6) is 0 Å². The molecule has 2 heterocycles. The van der Waals surface area contributed by atoms with E-state index in [9.17, 15) is 4.79 Å². The van der Waals surface area contributed by atoms with Crippen LogP contribution >= 0.6 is 0 Å². The Balaban J connectivity index is 1.63. The molecule has 3 N–H and O–H groups in total. The summed E-state index contributed by atoms with van der Waals surface area (Å²) < 4.78 is 0. The normalized spacial score (nSPS) is 17.4. The molecule has 3 rings (SSSR count). The number of hydrogen-bond donors (Lipinski definition) is 2. The third kappa shape index (κ3) is 4.33. The molecule has 0 bridgehead atoms. The molecule has 2 aromatic rings. The first-order valence-corrected chi connectivity index (χ1v) is 8.85. The minimum atomic E-state index is -0.0349. The number of hydrogen-bond acceptors (Lipinski definition) is 5. The lowest BCUT2D eigenvalue weighted by molar-refractivity contribution is 0.0933. The predicted molar refractivity (Wildman–Crippen MR) is 98.4 cm³/mol. The molecule has 1 amide bonds. The van der Waals surface area contributed by atoms with Crippen LogP contribution in [0, 0.1) is 0 Å². The highest BCUT2D eigenvalue weighted by Crippen LogP contribution is 2.18. The zero-order valence-electron chi connectivity index (χ0n) is 14.6. The van der Waals surface area contributed by atoms with Gasteiger partial charge in [0.05, 0.1) is 0 Å². The predicted octanol–water partition coefficient (Wildman–Crippen LogP) is 1.90. The quantitative estimate of drug-likeness (QED) is 0.869. The zero-order valence-corrected chi connectivity index (χ0v) is 14.6. The molecule has 0 aliphatic carbocycles. The summed E-state index contributed by atoms with van der Waals surface area (Å²) in [6, 6.07) is 9.61. The van der Waals surface area contributed by atoms with Crippen LogP contribution < -0.4 is 16.0 Å². The van der Waals surface area contributed by atoms with Crippen molar-refractivity contribution in [2.24, 2.45) is 5.73 Å². The van der Waals surface area contributed by atoms with Crippen molar-refractivity contribution < 1.29 is 4.79 Å². The smallest absolute Gasteiger partial charge is 0.251 e. The number of aromatic nitrogens is 2. The lowest BCUT2D eigenvalue weighted by Gasteiger charge is -2.34. The maximum atomic E-state index is 12.5. The van der Waals surface area contributed by atoms with Gasteiger partial charge >= 0.3 is 0 Å². The number of benzene rings is 1. The third-order valence-corrected chi connectivity index (χ3v) is 4.60. The maximum absolute atomic E-state index is 12.5. The second-order valence-electron chi connectivity index (χ2n) is 6.38. The Bertz CT molecular complexity index is 716. The molecule has 0 saturated carbocycles. The van der Waals surface area contributed by atoms with Crippen LogP contribution in [0.3, 0.4) is 0 Å². The fraction of sp³-hybridized carbons (Fsp3) is 0.421. The van der Waals surface area contributed by atoms with E-state index < -0.39 is 0 Å². The number of carbonyl (C=O) groups excluding carboxylic acids is 1. The Morgan fingerprint density at radius 1 is 1.32 bits per heavy atom. The molecule has 1 atom stereocenters. The van der Waals surface area contributed by atoms with Crippen LogP contribution in [0.2, 0.25) is 0 Å². The van der Waals surface area contributed by atoms with Crippen molar-refractivity contribution in [3.63, 3.8) is 0 Å². The summed E-state index contributed by atoms with van der Waals surface area (Å²) in [5.41, 5.74) is 8.33. The second kappa shape index (κ2) is 8.07. The van der Waals surface area contributed by atoms with Crippen molar-refractivity contribution in [1.29, 1.82) is 0 Å². The first kappa shape index (κ1) is 17.4. The summed E-state index contributed by atoms with van der Waals surface area (Å²) >= 11 is 0. The van der Waals surface area contributed by atoms with Crippen LogP contribution in [0.15, 0.2) is 36.7 Å².